The van der Waals surface area contributed by atoms with Crippen LogP contribution in [0.4, 0.5) is 0 Å². The molecule has 3 fully saturated rings. The number of benzene rings is 2. The van der Waals surface area contributed by atoms with Crippen LogP contribution < -0.4 is 5.32 Å². The van der Waals surface area contributed by atoms with Gasteiger partial charge in [-0.2, -0.15) is 0 Å². The van der Waals surface area contributed by atoms with E-state index >= 15 is 0 Å². The third-order valence-electron chi connectivity index (χ3n) is 12.1. The second-order valence-corrected chi connectivity index (χ2v) is 14.9. The number of Topliss-reactive ketones (excluding diaryl/α,β-unsaturated/α-hetero) is 1. The lowest BCUT2D eigenvalue weighted by molar-refractivity contribution is -0.343. The van der Waals surface area contributed by atoms with E-state index in [2.05, 4.69) is 5.32 Å². The maximum absolute atomic E-state index is 14.9. The van der Waals surface area contributed by atoms with Gasteiger partial charge in [-0.25, -0.2) is 9.59 Å². The van der Waals surface area contributed by atoms with Crippen LogP contribution in [-0.4, -0.2) is 107 Å². The van der Waals surface area contributed by atoms with Crippen molar-refractivity contribution >= 4 is 17.7 Å². The van der Waals surface area contributed by atoms with Crippen molar-refractivity contribution in [1.29, 1.82) is 0 Å². The van der Waals surface area contributed by atoms with Crippen molar-refractivity contribution in [2.75, 3.05) is 20.8 Å². The number of hydrogen-bond acceptors (Lipinski definition) is 12. The lowest BCUT2D eigenvalue weighted by atomic mass is 9.44. The first-order chi connectivity index (χ1) is 23.6. The minimum absolute atomic E-state index is 0.0724. The molecular weight excluding hydrogens is 646 g/mol. The molecule has 2 saturated carbocycles. The zero-order valence-electron chi connectivity index (χ0n) is 29.2. The normalized spacial score (nSPS) is 37.2. The monoisotopic (exact) mass is 693 g/mol. The molecule has 2 aromatic carbocycles. The number of esters is 2. The van der Waals surface area contributed by atoms with Gasteiger partial charge in [0, 0.05) is 31.3 Å². The van der Waals surface area contributed by atoms with Crippen molar-refractivity contribution in [3.63, 3.8) is 0 Å². The van der Waals surface area contributed by atoms with Gasteiger partial charge >= 0.3 is 11.9 Å². The Balaban J connectivity index is 1.51. The Morgan fingerprint density at radius 2 is 1.62 bits per heavy atom. The smallest absolute Gasteiger partial charge is 0.338 e. The van der Waals surface area contributed by atoms with E-state index in [9.17, 15) is 34.8 Å². The molecule has 5 N–H and O–H groups in total. The van der Waals surface area contributed by atoms with Crippen molar-refractivity contribution in [3.8, 4) is 0 Å². The minimum Gasteiger partial charge on any atom is -0.456 e. The number of likely N-dealkylation sites (N-methyl/N-ethyl adjacent to an activating group) is 1. The van der Waals surface area contributed by atoms with E-state index in [4.69, 9.17) is 18.9 Å². The highest BCUT2D eigenvalue weighted by molar-refractivity contribution is 5.94. The molecule has 2 bridgehead atoms. The number of carbonyl (C=O) groups excluding carboxylic acids is 3. The summed E-state index contributed by atoms with van der Waals surface area (Å²) >= 11 is 0. The zero-order valence-corrected chi connectivity index (χ0v) is 29.2. The summed E-state index contributed by atoms with van der Waals surface area (Å²) in [5, 5.41) is 51.5. The Bertz CT molecular complexity index is 1660. The molecule has 12 nitrogen and oxygen atoms in total. The molecule has 1 heterocycles. The fourth-order valence-corrected chi connectivity index (χ4v) is 9.08. The summed E-state index contributed by atoms with van der Waals surface area (Å²) in [6.07, 6.45) is -8.56. The maximum Gasteiger partial charge on any atom is 0.338 e. The van der Waals surface area contributed by atoms with Gasteiger partial charge < -0.3 is 44.7 Å². The highest BCUT2D eigenvalue weighted by Crippen LogP contribution is 2.63. The van der Waals surface area contributed by atoms with Crippen molar-refractivity contribution in [1.82, 2.24) is 5.32 Å². The molecule has 270 valence electrons. The summed E-state index contributed by atoms with van der Waals surface area (Å²) in [5.41, 5.74) is -5.62. The van der Waals surface area contributed by atoms with Gasteiger partial charge in [0.25, 0.3) is 0 Å². The molecule has 0 radical (unpaired) electrons. The van der Waals surface area contributed by atoms with E-state index in [1.807, 2.05) is 6.07 Å². The van der Waals surface area contributed by atoms with Gasteiger partial charge in [0.15, 0.2) is 11.9 Å². The molecule has 4 aliphatic rings. The van der Waals surface area contributed by atoms with E-state index in [0.717, 1.165) is 0 Å². The number of methoxy groups -OCH3 is 1. The van der Waals surface area contributed by atoms with Gasteiger partial charge in [-0.1, -0.05) is 62.4 Å². The summed E-state index contributed by atoms with van der Waals surface area (Å²) in [4.78, 5) is 42.5. The second-order valence-electron chi connectivity index (χ2n) is 14.9. The van der Waals surface area contributed by atoms with Gasteiger partial charge in [-0.15, -0.1) is 0 Å². The van der Waals surface area contributed by atoms with Crippen molar-refractivity contribution in [3.05, 3.63) is 82.9 Å². The van der Waals surface area contributed by atoms with Crippen LogP contribution in [0.5, 0.6) is 0 Å². The van der Waals surface area contributed by atoms with Gasteiger partial charge in [-0.3, -0.25) is 4.79 Å². The van der Waals surface area contributed by atoms with Gasteiger partial charge in [-0.05, 0) is 49.7 Å². The van der Waals surface area contributed by atoms with Crippen molar-refractivity contribution in [2.24, 2.45) is 16.7 Å². The Morgan fingerprint density at radius 3 is 2.18 bits per heavy atom. The van der Waals surface area contributed by atoms with Crippen LogP contribution in [0, 0.1) is 16.7 Å². The molecule has 2 aromatic rings. The lowest BCUT2D eigenvalue weighted by Gasteiger charge is -2.67. The van der Waals surface area contributed by atoms with Crippen LogP contribution in [0.1, 0.15) is 62.5 Å². The van der Waals surface area contributed by atoms with E-state index in [-0.39, 0.29) is 30.6 Å². The third kappa shape index (κ3) is 5.26. The lowest BCUT2D eigenvalue weighted by Crippen LogP contribution is -2.81. The molecule has 10 unspecified atom stereocenters. The molecule has 11 atom stereocenters. The molecule has 50 heavy (non-hydrogen) atoms. The first kappa shape index (κ1) is 36.3. The molecule has 0 aromatic heterocycles. The molecule has 12 heteroatoms. The number of fused-ring (bicyclic) bond motifs is 5. The molecule has 1 aliphatic heterocycles. The fraction of sp³-hybridized carbons (Fsp3) is 0.553. The van der Waals surface area contributed by atoms with E-state index in [1.54, 1.807) is 82.4 Å². The van der Waals surface area contributed by atoms with Crippen LogP contribution in [0.2, 0.25) is 0 Å². The minimum atomic E-state index is -2.14. The Labute approximate surface area is 291 Å². The number of aliphatic hydroxyl groups is 4. The number of rotatable bonds is 8. The number of nitrogens with one attached hydrogen (secondary N) is 1. The highest BCUT2D eigenvalue weighted by atomic mass is 16.6. The largest absolute Gasteiger partial charge is 0.456 e. The van der Waals surface area contributed by atoms with Crippen LogP contribution in [0.25, 0.3) is 0 Å². The third-order valence-corrected chi connectivity index (χ3v) is 12.1. The van der Waals surface area contributed by atoms with E-state index in [1.165, 1.54) is 14.0 Å². The van der Waals surface area contributed by atoms with E-state index < -0.39 is 88.3 Å². The Morgan fingerprint density at radius 1 is 1.00 bits per heavy atom. The van der Waals surface area contributed by atoms with Crippen molar-refractivity contribution < 1.29 is 53.8 Å². The molecule has 6 rings (SSSR count). The van der Waals surface area contributed by atoms with Gasteiger partial charge in [0.2, 0.25) is 0 Å². The fourth-order valence-electron chi connectivity index (χ4n) is 9.08. The zero-order chi connectivity index (χ0) is 36.4. The topological polar surface area (TPSA) is 181 Å². The van der Waals surface area contributed by atoms with E-state index in [0.29, 0.717) is 11.1 Å². The first-order valence-electron chi connectivity index (χ1n) is 17.0. The summed E-state index contributed by atoms with van der Waals surface area (Å²) in [7, 11) is 2.93. The molecule has 1 saturated heterocycles. The Kier molecular flexibility index (Phi) is 9.39. The summed E-state index contributed by atoms with van der Waals surface area (Å²) in [6, 6.07) is 16.2. The average Bonchev–Trinajstić information content (AvgIpc) is 3.10. The number of hydrogen-bond donors (Lipinski definition) is 5. The summed E-state index contributed by atoms with van der Waals surface area (Å²) in [5.74, 6) is -3.78. The van der Waals surface area contributed by atoms with Crippen molar-refractivity contribution in [2.45, 2.75) is 94.4 Å². The summed E-state index contributed by atoms with van der Waals surface area (Å²) < 4.78 is 23.9. The van der Waals surface area contributed by atoms with Crippen LogP contribution >= 0.6 is 0 Å². The van der Waals surface area contributed by atoms with Crippen LogP contribution in [0.3, 0.4) is 0 Å². The quantitative estimate of drug-likeness (QED) is 0.201. The average molecular weight is 694 g/mol. The molecule has 0 spiro atoms. The maximum atomic E-state index is 14.9. The molecular formula is C38H47NO11. The number of aliphatic hydroxyl groups excluding tert-OH is 2. The predicted molar refractivity (Wildman–Crippen MR) is 179 cm³/mol. The Hall–Kier alpha value is -3.49. The van der Waals surface area contributed by atoms with Crippen LogP contribution in [-0.2, 0) is 28.5 Å². The molecule has 3 aliphatic carbocycles. The second kappa shape index (κ2) is 12.9. The van der Waals surface area contributed by atoms with Gasteiger partial charge in [0.05, 0.1) is 35.8 Å². The molecule has 0 amide bonds. The number of ether oxygens (including phenoxy) is 4. The SMILES string of the molecule is CNC(c1ccccc1)C(O)C(=O)OC1CC2(O)C(OC(=O)c3ccccc3)C3C4(O)COC4CC(O)[C@@]3(C)C(=O)C(OC)C(=C1C)C2(C)C. The highest BCUT2D eigenvalue weighted by Gasteiger charge is 2.76. The predicted octanol–water partition coefficient (Wildman–Crippen LogP) is 2.04. The van der Waals surface area contributed by atoms with Gasteiger partial charge in [0.1, 0.15) is 29.5 Å². The first-order valence-corrected chi connectivity index (χ1v) is 17.0. The standard InChI is InChI=1S/C38H47NO11/c1-20-23(49-34(44)28(41)27(39-5)21-13-9-7-10-14-21)18-38(46)32(50-33(43)22-15-11-8-12-16-22)30-36(4,24(40)17-25-37(30,45)19-48-25)31(42)29(47-6)26(20)35(38,2)3/h7-16,23-25,27-30,32,39-41,45-46H,17-19H2,1-6H3/t23?,24?,25?,27?,28?,29?,30?,32?,36-,37?,38?/m1/s1. The summed E-state index contributed by atoms with van der Waals surface area (Å²) in [6.45, 7) is 6.32. The number of ketones is 1. The van der Waals surface area contributed by atoms with Crippen LogP contribution in [0.15, 0.2) is 71.8 Å². The number of carbonyl (C=O) groups is 3.